The Bertz CT molecular complexity index is 768. The molecule has 1 aliphatic heterocycles. The number of hydrogen-bond donors (Lipinski definition) is 0. The molecule has 0 N–H and O–H groups in total. The lowest BCUT2D eigenvalue weighted by molar-refractivity contribution is -0.173. The van der Waals surface area contributed by atoms with Crippen LogP contribution in [0.3, 0.4) is 0 Å². The summed E-state index contributed by atoms with van der Waals surface area (Å²) in [6, 6.07) is 3.95. The highest BCUT2D eigenvalue weighted by Gasteiger charge is 2.59. The summed E-state index contributed by atoms with van der Waals surface area (Å²) in [7, 11) is 0. The van der Waals surface area contributed by atoms with Gasteiger partial charge in [-0.05, 0) is 17.3 Å². The largest absolute Gasteiger partial charge is 0.434 e. The van der Waals surface area contributed by atoms with Crippen LogP contribution >= 0.6 is 0 Å². The average molecular weight is 355 g/mol. The van der Waals surface area contributed by atoms with Crippen LogP contribution in [0, 0.1) is 16.2 Å². The van der Waals surface area contributed by atoms with Crippen LogP contribution in [-0.4, -0.2) is 29.0 Å². The number of alkyl halides is 3. The summed E-state index contributed by atoms with van der Waals surface area (Å²) in [4.78, 5) is 49.8. The molecule has 2 rings (SSSR count). The Morgan fingerprint density at radius 2 is 1.68 bits per heavy atom. The van der Waals surface area contributed by atoms with E-state index in [1.807, 2.05) is 5.18 Å². The molecule has 1 heterocycles. The number of hydrogen-bond acceptors (Lipinski definition) is 7. The van der Waals surface area contributed by atoms with E-state index in [2.05, 4.69) is 4.84 Å². The van der Waals surface area contributed by atoms with E-state index < -0.39 is 35.1 Å². The van der Waals surface area contributed by atoms with E-state index in [1.54, 1.807) is 0 Å². The summed E-state index contributed by atoms with van der Waals surface area (Å²) < 4.78 is 39.0. The third-order valence-electron chi connectivity index (χ3n) is 3.43. The summed E-state index contributed by atoms with van der Waals surface area (Å²) in [6.45, 7) is 0. The van der Waals surface area contributed by atoms with Crippen molar-refractivity contribution in [1.82, 2.24) is 5.06 Å². The Morgan fingerprint density at radius 1 is 1.16 bits per heavy atom. The Kier molecular flexibility index (Phi) is 4.56. The zero-order valence-electron chi connectivity index (χ0n) is 12.2. The molecule has 1 aromatic carbocycles. The minimum Gasteiger partial charge on any atom is -0.325 e. The standard InChI is InChI=1S/C14H8F3N3O5/c15-14(16,17)13(7-18,19-24)9-3-1-8(2-4-9)12(23)25-20-10(21)5-6-11(20)22/h1-4H,5-6H2. The number of imide groups is 1. The molecule has 25 heavy (non-hydrogen) atoms. The highest BCUT2D eigenvalue weighted by atomic mass is 19.4. The predicted molar refractivity (Wildman–Crippen MR) is 72.1 cm³/mol. The van der Waals surface area contributed by atoms with Crippen LogP contribution in [0.1, 0.15) is 28.8 Å². The molecule has 11 heteroatoms. The maximum atomic E-state index is 13.0. The molecule has 130 valence electrons. The topological polar surface area (TPSA) is 117 Å². The first-order chi connectivity index (χ1) is 11.7. The Morgan fingerprint density at radius 3 is 2.08 bits per heavy atom. The zero-order valence-corrected chi connectivity index (χ0v) is 12.2. The molecule has 0 saturated carbocycles. The molecule has 1 aliphatic rings. The van der Waals surface area contributed by atoms with Gasteiger partial charge in [-0.25, -0.2) is 4.79 Å². The van der Waals surface area contributed by atoms with Crippen LogP contribution in [0.4, 0.5) is 13.2 Å². The Balaban J connectivity index is 2.26. The van der Waals surface area contributed by atoms with Gasteiger partial charge in [0, 0.05) is 18.4 Å². The summed E-state index contributed by atoms with van der Waals surface area (Å²) in [6.07, 6.45) is -5.50. The van der Waals surface area contributed by atoms with E-state index in [1.165, 1.54) is 0 Å². The van der Waals surface area contributed by atoms with Crippen LogP contribution in [0.25, 0.3) is 0 Å². The molecule has 0 spiro atoms. The predicted octanol–water partition coefficient (Wildman–Crippen LogP) is 1.95. The van der Waals surface area contributed by atoms with Crippen LogP contribution in [0.2, 0.25) is 0 Å². The molecule has 1 aromatic rings. The van der Waals surface area contributed by atoms with Gasteiger partial charge in [0.25, 0.3) is 11.8 Å². The van der Waals surface area contributed by atoms with Gasteiger partial charge in [0.2, 0.25) is 0 Å². The molecular weight excluding hydrogens is 347 g/mol. The fraction of sp³-hybridized carbons (Fsp3) is 0.286. The molecule has 1 atom stereocenters. The van der Waals surface area contributed by atoms with Crippen LogP contribution < -0.4 is 0 Å². The second-order valence-corrected chi connectivity index (χ2v) is 4.95. The Labute approximate surface area is 137 Å². The van der Waals surface area contributed by atoms with Gasteiger partial charge >= 0.3 is 17.7 Å². The first-order valence-electron chi connectivity index (χ1n) is 6.67. The number of nitriles is 1. The fourth-order valence-corrected chi connectivity index (χ4v) is 2.06. The highest BCUT2D eigenvalue weighted by Crippen LogP contribution is 2.41. The molecule has 0 aliphatic carbocycles. The molecule has 0 radical (unpaired) electrons. The van der Waals surface area contributed by atoms with Crippen molar-refractivity contribution in [3.8, 4) is 6.07 Å². The fourth-order valence-electron chi connectivity index (χ4n) is 2.06. The number of nitroso groups, excluding NO2 is 1. The van der Waals surface area contributed by atoms with Gasteiger partial charge in [-0.15, -0.1) is 9.97 Å². The molecule has 1 unspecified atom stereocenters. The molecule has 1 fully saturated rings. The second kappa shape index (κ2) is 6.31. The quantitative estimate of drug-likeness (QED) is 0.602. The van der Waals surface area contributed by atoms with E-state index in [-0.39, 0.29) is 23.5 Å². The van der Waals surface area contributed by atoms with Crippen molar-refractivity contribution in [2.45, 2.75) is 24.6 Å². The summed E-state index contributed by atoms with van der Waals surface area (Å²) >= 11 is 0. The van der Waals surface area contributed by atoms with E-state index in [9.17, 15) is 32.5 Å². The number of benzene rings is 1. The SMILES string of the molecule is N#CC(N=O)(c1ccc(C(=O)ON2C(=O)CCC2=O)cc1)C(F)(F)F. The van der Waals surface area contributed by atoms with Crippen molar-refractivity contribution < 1.29 is 32.4 Å². The van der Waals surface area contributed by atoms with Crippen molar-refractivity contribution in [3.63, 3.8) is 0 Å². The van der Waals surface area contributed by atoms with Crippen molar-refractivity contribution in [2.75, 3.05) is 0 Å². The second-order valence-electron chi connectivity index (χ2n) is 4.95. The summed E-state index contributed by atoms with van der Waals surface area (Å²) in [5, 5.41) is 10.9. The van der Waals surface area contributed by atoms with Gasteiger partial charge in [0.15, 0.2) is 0 Å². The molecule has 1 saturated heterocycles. The normalized spacial score (nSPS) is 17.0. The van der Waals surface area contributed by atoms with Crippen LogP contribution in [0.15, 0.2) is 29.4 Å². The molecular formula is C14H8F3N3O5. The first kappa shape index (κ1) is 18.1. The Hall–Kier alpha value is -3.29. The lowest BCUT2D eigenvalue weighted by Gasteiger charge is -2.22. The number of amides is 2. The van der Waals surface area contributed by atoms with Gasteiger partial charge in [0.1, 0.15) is 6.07 Å². The highest BCUT2D eigenvalue weighted by molar-refractivity contribution is 6.02. The number of hydroxylamine groups is 2. The summed E-state index contributed by atoms with van der Waals surface area (Å²) in [5.41, 5.74) is -4.70. The lowest BCUT2D eigenvalue weighted by atomic mass is 9.91. The number of carbonyl (C=O) groups is 3. The van der Waals surface area contributed by atoms with Gasteiger partial charge in [-0.1, -0.05) is 12.1 Å². The van der Waals surface area contributed by atoms with Crippen LogP contribution in [0.5, 0.6) is 0 Å². The smallest absolute Gasteiger partial charge is 0.325 e. The molecule has 2 amide bonds. The minimum atomic E-state index is -5.26. The van der Waals surface area contributed by atoms with Gasteiger partial charge in [-0.2, -0.15) is 18.4 Å². The van der Waals surface area contributed by atoms with Crippen molar-refractivity contribution in [1.29, 1.82) is 5.26 Å². The van der Waals surface area contributed by atoms with Crippen LogP contribution in [-0.2, 0) is 20.0 Å². The number of rotatable bonds is 4. The van der Waals surface area contributed by atoms with E-state index in [4.69, 9.17) is 5.26 Å². The maximum absolute atomic E-state index is 13.0. The van der Waals surface area contributed by atoms with Gasteiger partial charge in [0.05, 0.1) is 5.56 Å². The van der Waals surface area contributed by atoms with Crippen molar-refractivity contribution >= 4 is 17.8 Å². The molecule has 0 bridgehead atoms. The van der Waals surface area contributed by atoms with E-state index in [0.29, 0.717) is 12.1 Å². The maximum Gasteiger partial charge on any atom is 0.434 e. The average Bonchev–Trinajstić information content (AvgIpc) is 2.87. The number of nitrogens with zero attached hydrogens (tertiary/aromatic N) is 3. The molecule has 8 nitrogen and oxygen atoms in total. The monoisotopic (exact) mass is 355 g/mol. The molecule has 0 aromatic heterocycles. The van der Waals surface area contributed by atoms with Crippen molar-refractivity contribution in [3.05, 3.63) is 40.3 Å². The zero-order chi connectivity index (χ0) is 18.8. The lowest BCUT2D eigenvalue weighted by Crippen LogP contribution is -2.39. The van der Waals surface area contributed by atoms with Gasteiger partial charge < -0.3 is 4.84 Å². The third kappa shape index (κ3) is 3.06. The van der Waals surface area contributed by atoms with E-state index in [0.717, 1.165) is 18.2 Å². The summed E-state index contributed by atoms with van der Waals surface area (Å²) in [5.74, 6) is -2.61. The number of halogens is 3. The van der Waals surface area contributed by atoms with Crippen molar-refractivity contribution in [2.24, 2.45) is 5.18 Å². The van der Waals surface area contributed by atoms with Gasteiger partial charge in [-0.3, -0.25) is 9.59 Å². The minimum absolute atomic E-state index is 0.119. The third-order valence-corrected chi connectivity index (χ3v) is 3.43. The number of carbonyl (C=O) groups excluding carboxylic acids is 3. The first-order valence-corrected chi connectivity index (χ1v) is 6.67. The van der Waals surface area contributed by atoms with E-state index >= 15 is 0 Å².